The molecule has 5 N–H and O–H groups in total. The van der Waals surface area contributed by atoms with E-state index in [0.29, 0.717) is 18.7 Å². The molecule has 0 amide bonds. The minimum absolute atomic E-state index is 0.0386. The van der Waals surface area contributed by atoms with Gasteiger partial charge < -0.3 is 16.2 Å². The smallest absolute Gasteiger partial charge is 0.266 e. The number of aromatic nitrogens is 2. The maximum atomic E-state index is 14.4. The first-order valence-electron chi connectivity index (χ1n) is 8.74. The third-order valence-electron chi connectivity index (χ3n) is 3.95. The Bertz CT molecular complexity index is 852. The van der Waals surface area contributed by atoms with Crippen molar-refractivity contribution in [3.05, 3.63) is 29.3 Å². The Hall–Kier alpha value is -1.53. The number of hydrogen-bond acceptors (Lipinski definition) is 8. The maximum Gasteiger partial charge on any atom is 0.266 e. The number of benzene rings is 1. The van der Waals surface area contributed by atoms with Crippen molar-refractivity contribution in [3.8, 4) is 0 Å². The topological polar surface area (TPSA) is 130 Å². The average molecular weight is 452 g/mol. The van der Waals surface area contributed by atoms with E-state index in [1.165, 1.54) is 6.33 Å². The number of nitrogens with zero attached hydrogens (tertiary/aromatic N) is 2. The van der Waals surface area contributed by atoms with Crippen molar-refractivity contribution < 1.29 is 17.9 Å². The molecule has 1 atom stereocenters. The SMILES string of the molecule is NC[C@@H](O)CCCCCCNc1cc(F)c(S(=O)(=O)Nc2ncns2)cc1Cl. The van der Waals surface area contributed by atoms with Crippen LogP contribution in [0, 0.1) is 5.82 Å². The Morgan fingerprint density at radius 2 is 2.04 bits per heavy atom. The summed E-state index contributed by atoms with van der Waals surface area (Å²) in [6.45, 7) is 0.835. The summed E-state index contributed by atoms with van der Waals surface area (Å²) >= 11 is 6.96. The Morgan fingerprint density at radius 1 is 1.29 bits per heavy atom. The summed E-state index contributed by atoms with van der Waals surface area (Å²) in [5.74, 6) is -0.917. The van der Waals surface area contributed by atoms with Gasteiger partial charge in [0.15, 0.2) is 0 Å². The first-order valence-corrected chi connectivity index (χ1v) is 11.4. The zero-order valence-corrected chi connectivity index (χ0v) is 17.5. The summed E-state index contributed by atoms with van der Waals surface area (Å²) < 4.78 is 44.8. The highest BCUT2D eigenvalue weighted by atomic mass is 35.5. The molecule has 0 aliphatic heterocycles. The van der Waals surface area contributed by atoms with Crippen LogP contribution in [0.5, 0.6) is 0 Å². The van der Waals surface area contributed by atoms with Crippen LogP contribution in [0.2, 0.25) is 5.02 Å². The molecular formula is C16H23ClFN5O3S2. The number of anilines is 2. The minimum atomic E-state index is -4.16. The molecule has 0 radical (unpaired) electrons. The van der Waals surface area contributed by atoms with Gasteiger partial charge in [-0.1, -0.05) is 30.9 Å². The number of aliphatic hydroxyl groups is 1. The lowest BCUT2D eigenvalue weighted by molar-refractivity contribution is 0.169. The summed E-state index contributed by atoms with van der Waals surface area (Å²) in [7, 11) is -4.16. The van der Waals surface area contributed by atoms with Crippen molar-refractivity contribution in [1.82, 2.24) is 9.36 Å². The number of nitrogens with two attached hydrogens (primary N) is 1. The van der Waals surface area contributed by atoms with E-state index in [9.17, 15) is 17.9 Å². The van der Waals surface area contributed by atoms with Gasteiger partial charge in [-0.3, -0.25) is 4.72 Å². The number of unbranched alkanes of at least 4 members (excludes halogenated alkanes) is 3. The second-order valence-corrected chi connectivity index (χ2v) is 8.97. The highest BCUT2D eigenvalue weighted by Gasteiger charge is 2.22. The number of halogens is 2. The lowest BCUT2D eigenvalue weighted by Crippen LogP contribution is -2.19. The Balaban J connectivity index is 1.87. The van der Waals surface area contributed by atoms with Gasteiger partial charge in [0.25, 0.3) is 10.0 Å². The second-order valence-electron chi connectivity index (χ2n) is 6.13. The molecule has 12 heteroatoms. The van der Waals surface area contributed by atoms with E-state index in [-0.39, 0.29) is 16.7 Å². The molecule has 0 saturated carbocycles. The summed E-state index contributed by atoms with van der Waals surface area (Å²) in [5, 5.41) is 12.5. The van der Waals surface area contributed by atoms with Crippen molar-refractivity contribution in [3.63, 3.8) is 0 Å². The highest BCUT2D eigenvalue weighted by molar-refractivity contribution is 7.93. The lowest BCUT2D eigenvalue weighted by Gasteiger charge is -2.12. The first kappa shape index (κ1) is 22.8. The van der Waals surface area contributed by atoms with Crippen molar-refractivity contribution in [2.24, 2.45) is 5.73 Å². The van der Waals surface area contributed by atoms with Gasteiger partial charge in [0.2, 0.25) is 5.13 Å². The van der Waals surface area contributed by atoms with Gasteiger partial charge in [0, 0.05) is 24.6 Å². The van der Waals surface area contributed by atoms with Crippen LogP contribution in [0.1, 0.15) is 32.1 Å². The summed E-state index contributed by atoms with van der Waals surface area (Å²) in [4.78, 5) is 3.15. The number of aliphatic hydroxyl groups excluding tert-OH is 1. The van der Waals surface area contributed by atoms with E-state index in [0.717, 1.165) is 49.3 Å². The number of nitrogens with one attached hydrogen (secondary N) is 2. The van der Waals surface area contributed by atoms with Crippen LogP contribution in [0.4, 0.5) is 15.2 Å². The third-order valence-corrected chi connectivity index (χ3v) is 6.32. The van der Waals surface area contributed by atoms with Gasteiger partial charge >= 0.3 is 0 Å². The van der Waals surface area contributed by atoms with E-state index >= 15 is 0 Å². The normalized spacial score (nSPS) is 12.7. The van der Waals surface area contributed by atoms with Crippen LogP contribution in [-0.2, 0) is 10.0 Å². The third kappa shape index (κ3) is 6.82. The molecule has 0 bridgehead atoms. The molecule has 0 spiro atoms. The molecule has 156 valence electrons. The molecule has 8 nitrogen and oxygen atoms in total. The Morgan fingerprint density at radius 3 is 2.71 bits per heavy atom. The summed E-state index contributed by atoms with van der Waals surface area (Å²) in [6, 6.07) is 2.13. The molecule has 0 fully saturated rings. The van der Waals surface area contributed by atoms with Crippen LogP contribution in [0.25, 0.3) is 0 Å². The van der Waals surface area contributed by atoms with Crippen molar-refractivity contribution in [2.75, 3.05) is 23.1 Å². The van der Waals surface area contributed by atoms with Crippen LogP contribution in [0.15, 0.2) is 23.4 Å². The van der Waals surface area contributed by atoms with Crippen LogP contribution in [0.3, 0.4) is 0 Å². The van der Waals surface area contributed by atoms with E-state index in [1.807, 2.05) is 0 Å². The highest BCUT2D eigenvalue weighted by Crippen LogP contribution is 2.29. The van der Waals surface area contributed by atoms with Gasteiger partial charge in [0.1, 0.15) is 17.0 Å². The van der Waals surface area contributed by atoms with Gasteiger partial charge in [-0.15, -0.1) is 0 Å². The fourth-order valence-corrected chi connectivity index (χ4v) is 4.50. The monoisotopic (exact) mass is 451 g/mol. The molecule has 2 aromatic rings. The molecule has 28 heavy (non-hydrogen) atoms. The van der Waals surface area contributed by atoms with Crippen molar-refractivity contribution in [1.29, 1.82) is 0 Å². The molecule has 2 rings (SSSR count). The van der Waals surface area contributed by atoms with Crippen LogP contribution < -0.4 is 15.8 Å². The molecule has 0 aliphatic carbocycles. The average Bonchev–Trinajstić information content (AvgIpc) is 3.15. The zero-order chi connectivity index (χ0) is 20.6. The van der Waals surface area contributed by atoms with Gasteiger partial charge in [0.05, 0.1) is 16.8 Å². The summed E-state index contributed by atoms with van der Waals surface area (Å²) in [5.41, 5.74) is 5.67. The Labute approximate surface area is 172 Å². The molecule has 1 heterocycles. The standard InChI is InChI=1S/C16H23ClFN5O3S2/c17-12-7-15(28(25,26)23-16-21-10-22-27-16)13(18)8-14(12)20-6-4-2-1-3-5-11(24)9-19/h7-8,10-11,20,24H,1-6,9,19H2,(H,21,22,23)/t11-/m0/s1. The quantitative estimate of drug-likeness (QED) is 0.365. The van der Waals surface area contributed by atoms with Gasteiger partial charge in [-0.05, 0) is 25.0 Å². The fraction of sp³-hybridized carbons (Fsp3) is 0.500. The zero-order valence-electron chi connectivity index (χ0n) is 15.1. The maximum absolute atomic E-state index is 14.4. The van der Waals surface area contributed by atoms with E-state index in [2.05, 4.69) is 19.4 Å². The van der Waals surface area contributed by atoms with Crippen molar-refractivity contribution in [2.45, 2.75) is 43.1 Å². The molecular weight excluding hydrogens is 429 g/mol. The molecule has 0 unspecified atom stereocenters. The predicted octanol–water partition coefficient (Wildman–Crippen LogP) is 2.81. The second kappa shape index (κ2) is 10.9. The molecule has 1 aromatic heterocycles. The predicted molar refractivity (Wildman–Crippen MR) is 109 cm³/mol. The Kier molecular flexibility index (Phi) is 8.83. The number of hydrogen-bond donors (Lipinski definition) is 4. The van der Waals surface area contributed by atoms with Gasteiger partial charge in [-0.2, -0.15) is 4.37 Å². The first-order chi connectivity index (χ1) is 13.3. The number of sulfonamides is 1. The van der Waals surface area contributed by atoms with Crippen molar-refractivity contribution >= 4 is 44.0 Å². The fourth-order valence-electron chi connectivity index (χ4n) is 2.46. The molecule has 1 aromatic carbocycles. The number of rotatable bonds is 12. The lowest BCUT2D eigenvalue weighted by atomic mass is 10.1. The molecule has 0 saturated heterocycles. The van der Waals surface area contributed by atoms with Crippen LogP contribution in [-0.4, -0.2) is 42.1 Å². The van der Waals surface area contributed by atoms with Crippen LogP contribution >= 0.6 is 23.1 Å². The minimum Gasteiger partial charge on any atom is -0.392 e. The largest absolute Gasteiger partial charge is 0.392 e. The van der Waals surface area contributed by atoms with E-state index in [4.69, 9.17) is 17.3 Å². The van der Waals surface area contributed by atoms with Gasteiger partial charge in [-0.25, -0.2) is 17.8 Å². The van der Waals surface area contributed by atoms with E-state index in [1.54, 1.807) is 0 Å². The summed E-state index contributed by atoms with van der Waals surface area (Å²) in [6.07, 6.45) is 5.03. The molecule has 0 aliphatic rings. The van der Waals surface area contributed by atoms with E-state index < -0.39 is 26.8 Å².